The summed E-state index contributed by atoms with van der Waals surface area (Å²) < 4.78 is 0. The van der Waals surface area contributed by atoms with Gasteiger partial charge < -0.3 is 0 Å². The third-order valence-electron chi connectivity index (χ3n) is 4.49. The summed E-state index contributed by atoms with van der Waals surface area (Å²) in [6.45, 7) is 0. The molecule has 0 aromatic heterocycles. The van der Waals surface area contributed by atoms with Gasteiger partial charge in [-0.15, -0.1) is 0 Å². The first-order valence-corrected chi connectivity index (χ1v) is 6.50. The fourth-order valence-corrected chi connectivity index (χ4v) is 3.58. The van der Waals surface area contributed by atoms with Crippen molar-refractivity contribution in [1.82, 2.24) is 0 Å². The van der Waals surface area contributed by atoms with Crippen LogP contribution in [0.25, 0.3) is 0 Å². The van der Waals surface area contributed by atoms with E-state index in [-0.39, 0.29) is 18.9 Å². The first kappa shape index (κ1) is 14.9. The first-order chi connectivity index (χ1) is 10.2. The van der Waals surface area contributed by atoms with E-state index in [0.29, 0.717) is 19.3 Å². The summed E-state index contributed by atoms with van der Waals surface area (Å²) in [5.41, 5.74) is -2.14. The Labute approximate surface area is 119 Å². The number of hydrogen-bond acceptors (Lipinski definition) is 8. The van der Waals surface area contributed by atoms with Gasteiger partial charge in [-0.25, -0.2) is 24.2 Å². The van der Waals surface area contributed by atoms with Crippen LogP contribution < -0.4 is 0 Å². The van der Waals surface area contributed by atoms with Crippen LogP contribution in [0.15, 0.2) is 20.0 Å². The van der Waals surface area contributed by atoms with E-state index in [1.165, 1.54) is 24.3 Å². The molecule has 8 heteroatoms. The van der Waals surface area contributed by atoms with E-state index in [0.717, 1.165) is 0 Å². The minimum atomic E-state index is -1.11. The van der Waals surface area contributed by atoms with Gasteiger partial charge >= 0.3 is 0 Å². The molecule has 0 aromatic rings. The van der Waals surface area contributed by atoms with Crippen molar-refractivity contribution in [2.24, 2.45) is 20.0 Å². The van der Waals surface area contributed by atoms with Crippen molar-refractivity contribution >= 4 is 24.3 Å². The Morgan fingerprint density at radius 2 is 1.52 bits per heavy atom. The molecule has 0 radical (unpaired) electrons. The fraction of sp³-hybridized carbons (Fsp3) is 0.692. The maximum atomic E-state index is 10.9. The molecule has 0 heterocycles. The third kappa shape index (κ3) is 2.23. The van der Waals surface area contributed by atoms with Crippen LogP contribution >= 0.6 is 0 Å². The normalized spacial score (nSPS) is 37.0. The smallest absolute Gasteiger partial charge is 0.211 e. The Balaban J connectivity index is 2.49. The van der Waals surface area contributed by atoms with E-state index < -0.39 is 17.1 Å². The van der Waals surface area contributed by atoms with Crippen molar-refractivity contribution in [3.8, 4) is 0 Å². The van der Waals surface area contributed by atoms with Gasteiger partial charge in [-0.3, -0.25) is 0 Å². The maximum Gasteiger partial charge on any atom is 0.235 e. The summed E-state index contributed by atoms with van der Waals surface area (Å²) in [6.07, 6.45) is 8.13. The minimum Gasteiger partial charge on any atom is -0.211 e. The average molecular weight is 288 g/mol. The van der Waals surface area contributed by atoms with Crippen molar-refractivity contribution in [1.29, 1.82) is 0 Å². The molecule has 21 heavy (non-hydrogen) atoms. The lowest BCUT2D eigenvalue weighted by atomic mass is 9.59. The molecule has 0 aliphatic heterocycles. The molecule has 108 valence electrons. The molecule has 2 saturated carbocycles. The van der Waals surface area contributed by atoms with Gasteiger partial charge in [-0.2, -0.15) is 15.0 Å². The first-order valence-electron chi connectivity index (χ1n) is 6.50. The zero-order valence-electron chi connectivity index (χ0n) is 11.1. The second-order valence-corrected chi connectivity index (χ2v) is 5.27. The number of nitrogens with zero attached hydrogens (tertiary/aromatic N) is 4. The summed E-state index contributed by atoms with van der Waals surface area (Å²) in [5, 5.41) is 0. The Kier molecular flexibility index (Phi) is 4.18. The molecule has 0 N–H and O–H groups in total. The monoisotopic (exact) mass is 288 g/mol. The molecule has 0 bridgehead atoms. The van der Waals surface area contributed by atoms with Crippen molar-refractivity contribution < 1.29 is 19.2 Å². The van der Waals surface area contributed by atoms with Gasteiger partial charge in [0.25, 0.3) is 0 Å². The molecule has 2 aliphatic carbocycles. The molecule has 0 aromatic carbocycles. The molecule has 2 aliphatic rings. The van der Waals surface area contributed by atoms with Crippen LogP contribution in [-0.4, -0.2) is 47.5 Å². The lowest BCUT2D eigenvalue weighted by molar-refractivity contribution is 0.0956. The third-order valence-corrected chi connectivity index (χ3v) is 4.49. The molecule has 2 fully saturated rings. The molecule has 2 atom stereocenters. The van der Waals surface area contributed by atoms with Crippen molar-refractivity contribution in [3.63, 3.8) is 0 Å². The maximum absolute atomic E-state index is 10.9. The van der Waals surface area contributed by atoms with E-state index in [1.807, 2.05) is 0 Å². The standard InChI is InChI=1S/C13H12N4O4/c18-6-14-10-4-12(5-10,16-8-20)13(17-9-21)3-1-2-11(13)15-7-19/h10-11H,1-5H2. The average Bonchev–Trinajstić information content (AvgIpc) is 2.81. The van der Waals surface area contributed by atoms with E-state index >= 15 is 0 Å². The highest BCUT2D eigenvalue weighted by Crippen LogP contribution is 2.55. The SMILES string of the molecule is O=C=NC1CC(N=C=O)(C2(N=C=O)CCCC2N=C=O)C1. The van der Waals surface area contributed by atoms with Crippen LogP contribution in [0, 0.1) is 0 Å². The summed E-state index contributed by atoms with van der Waals surface area (Å²) >= 11 is 0. The van der Waals surface area contributed by atoms with Gasteiger partial charge in [-0.1, -0.05) is 0 Å². The van der Waals surface area contributed by atoms with E-state index in [9.17, 15) is 19.2 Å². The van der Waals surface area contributed by atoms with E-state index in [2.05, 4.69) is 20.0 Å². The fourth-order valence-electron chi connectivity index (χ4n) is 3.58. The molecule has 0 saturated heterocycles. The molecule has 0 spiro atoms. The summed E-state index contributed by atoms with van der Waals surface area (Å²) in [6, 6.07) is -0.922. The largest absolute Gasteiger partial charge is 0.235 e. The molecule has 2 rings (SSSR count). The summed E-state index contributed by atoms with van der Waals surface area (Å²) in [4.78, 5) is 57.6. The highest BCUT2D eigenvalue weighted by Gasteiger charge is 2.65. The van der Waals surface area contributed by atoms with E-state index in [1.54, 1.807) is 0 Å². The lowest BCUT2D eigenvalue weighted by Gasteiger charge is -2.51. The van der Waals surface area contributed by atoms with E-state index in [4.69, 9.17) is 0 Å². The molecular weight excluding hydrogens is 276 g/mol. The Bertz CT molecular complexity index is 616. The van der Waals surface area contributed by atoms with Crippen molar-refractivity contribution in [2.45, 2.75) is 55.3 Å². The number of carbonyl (C=O) groups excluding carboxylic acids is 4. The highest BCUT2D eigenvalue weighted by molar-refractivity contribution is 5.45. The van der Waals surface area contributed by atoms with Crippen LogP contribution in [0.3, 0.4) is 0 Å². The minimum absolute atomic E-state index is 0.257. The molecule has 8 nitrogen and oxygen atoms in total. The molecular formula is C13H12N4O4. The topological polar surface area (TPSA) is 118 Å². The second-order valence-electron chi connectivity index (χ2n) is 5.27. The lowest BCUT2D eigenvalue weighted by Crippen LogP contribution is -2.63. The molecule has 2 unspecified atom stereocenters. The van der Waals surface area contributed by atoms with Gasteiger partial charge in [0.2, 0.25) is 24.3 Å². The van der Waals surface area contributed by atoms with Gasteiger partial charge in [0, 0.05) is 0 Å². The number of isocyanates is 4. The van der Waals surface area contributed by atoms with Crippen LogP contribution in [0.4, 0.5) is 0 Å². The van der Waals surface area contributed by atoms with Crippen LogP contribution in [0.5, 0.6) is 0 Å². The Morgan fingerprint density at radius 1 is 0.857 bits per heavy atom. The predicted molar refractivity (Wildman–Crippen MR) is 68.6 cm³/mol. The Hall–Kier alpha value is -2.48. The van der Waals surface area contributed by atoms with Crippen molar-refractivity contribution in [3.05, 3.63) is 0 Å². The number of aliphatic imine (C=N–C) groups is 4. The summed E-state index contributed by atoms with van der Waals surface area (Å²) in [5.74, 6) is 0. The number of rotatable bonds is 5. The van der Waals surface area contributed by atoms with Crippen LogP contribution in [0.2, 0.25) is 0 Å². The van der Waals surface area contributed by atoms with Crippen molar-refractivity contribution in [2.75, 3.05) is 0 Å². The van der Waals surface area contributed by atoms with Gasteiger partial charge in [0.1, 0.15) is 11.1 Å². The predicted octanol–water partition coefficient (Wildman–Crippen LogP) is 0.522. The van der Waals surface area contributed by atoms with Gasteiger partial charge in [0.15, 0.2) is 0 Å². The summed E-state index contributed by atoms with van der Waals surface area (Å²) in [7, 11) is 0. The Morgan fingerprint density at radius 3 is 2.10 bits per heavy atom. The van der Waals surface area contributed by atoms with Gasteiger partial charge in [-0.05, 0) is 32.1 Å². The van der Waals surface area contributed by atoms with Crippen LogP contribution in [-0.2, 0) is 19.2 Å². The quantitative estimate of drug-likeness (QED) is 0.541. The highest BCUT2D eigenvalue weighted by atomic mass is 16.1. The molecule has 0 amide bonds. The van der Waals surface area contributed by atoms with Crippen LogP contribution in [0.1, 0.15) is 32.1 Å². The van der Waals surface area contributed by atoms with Gasteiger partial charge in [0.05, 0.1) is 12.1 Å². The zero-order chi connectivity index (χ0) is 15.3. The number of hydrogen-bond donors (Lipinski definition) is 0. The second kappa shape index (κ2) is 5.88. The zero-order valence-corrected chi connectivity index (χ0v) is 11.1.